The molecule has 3 N–H and O–H groups in total. The molecule has 2 fully saturated rings. The highest BCUT2D eigenvalue weighted by molar-refractivity contribution is 5.93. The monoisotopic (exact) mass is 294 g/mol. The Morgan fingerprint density at radius 3 is 3.19 bits per heavy atom. The lowest BCUT2D eigenvalue weighted by atomic mass is 10.1. The van der Waals surface area contributed by atoms with Gasteiger partial charge in [-0.2, -0.15) is 0 Å². The Labute approximate surface area is 123 Å². The molecule has 0 aromatic carbocycles. The van der Waals surface area contributed by atoms with Crippen LogP contribution in [0.2, 0.25) is 0 Å². The van der Waals surface area contributed by atoms with Gasteiger partial charge in [-0.25, -0.2) is 4.98 Å². The highest BCUT2D eigenvalue weighted by Gasteiger charge is 2.37. The number of fused-ring (bicyclic) bond motifs is 1. The third-order valence-corrected chi connectivity index (χ3v) is 4.32. The molecular weight excluding hydrogens is 272 g/mol. The molecule has 3 rings (SSSR count). The van der Waals surface area contributed by atoms with Crippen LogP contribution >= 0.6 is 0 Å². The highest BCUT2D eigenvalue weighted by atomic mass is 16.5. The number of aliphatic hydroxyl groups excluding tert-OH is 1. The molecule has 1 amide bonds. The normalized spacial score (nSPS) is 29.3. The number of carbonyl (C=O) groups is 1. The van der Waals surface area contributed by atoms with E-state index in [1.807, 2.05) is 6.92 Å². The van der Waals surface area contributed by atoms with E-state index in [4.69, 9.17) is 9.84 Å². The molecule has 7 nitrogen and oxygen atoms in total. The first-order chi connectivity index (χ1) is 10.2. The molecule has 0 unspecified atom stereocenters. The maximum Gasteiger partial charge on any atom is 0.272 e. The van der Waals surface area contributed by atoms with Crippen LogP contribution in [0.5, 0.6) is 0 Å². The van der Waals surface area contributed by atoms with Crippen LogP contribution in [-0.4, -0.2) is 70.4 Å². The van der Waals surface area contributed by atoms with E-state index >= 15 is 0 Å². The van der Waals surface area contributed by atoms with Gasteiger partial charge >= 0.3 is 0 Å². The zero-order valence-electron chi connectivity index (χ0n) is 12.2. The van der Waals surface area contributed by atoms with E-state index in [1.165, 1.54) is 6.33 Å². The van der Waals surface area contributed by atoms with Crippen LogP contribution in [-0.2, 0) is 4.74 Å². The van der Waals surface area contributed by atoms with Gasteiger partial charge in [-0.1, -0.05) is 0 Å². The second-order valence-electron chi connectivity index (χ2n) is 5.86. The minimum absolute atomic E-state index is 0.106. The molecule has 2 saturated heterocycles. The first kappa shape index (κ1) is 14.5. The van der Waals surface area contributed by atoms with Gasteiger partial charge < -0.3 is 20.1 Å². The predicted molar refractivity (Wildman–Crippen MR) is 76.0 cm³/mol. The summed E-state index contributed by atoms with van der Waals surface area (Å²) in [4.78, 5) is 21.5. The number of morpholine rings is 1. The molecule has 0 bridgehead atoms. The van der Waals surface area contributed by atoms with Gasteiger partial charge in [-0.3, -0.25) is 9.69 Å². The van der Waals surface area contributed by atoms with Crippen LogP contribution in [0.1, 0.15) is 29.0 Å². The van der Waals surface area contributed by atoms with Crippen LogP contribution in [0.3, 0.4) is 0 Å². The maximum atomic E-state index is 12.2. The summed E-state index contributed by atoms with van der Waals surface area (Å²) >= 11 is 0. The highest BCUT2D eigenvalue weighted by Crippen LogP contribution is 2.24. The number of hydrogen-bond donors (Lipinski definition) is 3. The Morgan fingerprint density at radius 2 is 2.48 bits per heavy atom. The van der Waals surface area contributed by atoms with Crippen molar-refractivity contribution in [2.24, 2.45) is 0 Å². The van der Waals surface area contributed by atoms with Crippen LogP contribution in [0.4, 0.5) is 0 Å². The van der Waals surface area contributed by atoms with Gasteiger partial charge in [0.1, 0.15) is 5.69 Å². The molecule has 2 aliphatic heterocycles. The van der Waals surface area contributed by atoms with Crippen molar-refractivity contribution in [3.63, 3.8) is 0 Å². The molecule has 7 heteroatoms. The van der Waals surface area contributed by atoms with Gasteiger partial charge in [0.2, 0.25) is 0 Å². The third-order valence-electron chi connectivity index (χ3n) is 4.32. The lowest BCUT2D eigenvalue weighted by molar-refractivity contribution is -0.0566. The summed E-state index contributed by atoms with van der Waals surface area (Å²) in [6.45, 7) is 4.34. The summed E-state index contributed by atoms with van der Waals surface area (Å²) in [6, 6.07) is 0.501. The Morgan fingerprint density at radius 1 is 1.62 bits per heavy atom. The fraction of sp³-hybridized carbons (Fsp3) is 0.714. The third kappa shape index (κ3) is 3.09. The van der Waals surface area contributed by atoms with E-state index in [-0.39, 0.29) is 24.7 Å². The molecule has 0 spiro atoms. The van der Waals surface area contributed by atoms with Crippen molar-refractivity contribution in [2.75, 3.05) is 26.3 Å². The van der Waals surface area contributed by atoms with Gasteiger partial charge in [0.15, 0.2) is 0 Å². The maximum absolute atomic E-state index is 12.2. The van der Waals surface area contributed by atoms with Gasteiger partial charge in [-0.15, -0.1) is 0 Å². The first-order valence-corrected chi connectivity index (χ1v) is 7.44. The summed E-state index contributed by atoms with van der Waals surface area (Å²) in [5.41, 5.74) is 1.25. The van der Waals surface area contributed by atoms with E-state index in [2.05, 4.69) is 20.2 Å². The second kappa shape index (κ2) is 6.13. The molecule has 0 radical (unpaired) electrons. The minimum atomic E-state index is -0.119. The van der Waals surface area contributed by atoms with Crippen molar-refractivity contribution in [3.8, 4) is 0 Å². The van der Waals surface area contributed by atoms with E-state index in [9.17, 15) is 4.79 Å². The van der Waals surface area contributed by atoms with Crippen LogP contribution in [0.25, 0.3) is 0 Å². The Bertz CT molecular complexity index is 504. The molecule has 2 aliphatic rings. The zero-order valence-corrected chi connectivity index (χ0v) is 12.2. The van der Waals surface area contributed by atoms with E-state index < -0.39 is 0 Å². The van der Waals surface area contributed by atoms with Gasteiger partial charge in [0.05, 0.1) is 19.0 Å². The smallest absolute Gasteiger partial charge is 0.272 e. The van der Waals surface area contributed by atoms with Gasteiger partial charge in [0, 0.05) is 37.5 Å². The summed E-state index contributed by atoms with van der Waals surface area (Å²) in [6.07, 6.45) is 3.22. The first-order valence-electron chi connectivity index (χ1n) is 7.44. The Kier molecular flexibility index (Phi) is 4.23. The standard InChI is InChI=1S/C14H22N4O3/c1-9-13(16-8-15-9)14(20)17-10-4-11-7-21-12(2-3-19)6-18(11)5-10/h8,10-12,19H,2-7H2,1H3,(H,15,16)(H,17,20)/t10-,11+,12+/m1/s1. The van der Waals surface area contributed by atoms with E-state index in [1.54, 1.807) is 0 Å². The molecular formula is C14H22N4O3. The largest absolute Gasteiger partial charge is 0.396 e. The van der Waals surface area contributed by atoms with E-state index in [0.717, 1.165) is 25.2 Å². The number of rotatable bonds is 4. The topological polar surface area (TPSA) is 90.5 Å². The van der Waals surface area contributed by atoms with Gasteiger partial charge in [-0.05, 0) is 19.8 Å². The number of carbonyl (C=O) groups excluding carboxylic acids is 1. The van der Waals surface area contributed by atoms with Crippen molar-refractivity contribution in [1.82, 2.24) is 20.2 Å². The molecule has 116 valence electrons. The number of imidazole rings is 1. The number of H-pyrrole nitrogens is 1. The summed E-state index contributed by atoms with van der Waals surface area (Å²) < 4.78 is 5.75. The number of nitrogens with zero attached hydrogens (tertiary/aromatic N) is 2. The van der Waals surface area contributed by atoms with Gasteiger partial charge in [0.25, 0.3) is 5.91 Å². The Hall–Kier alpha value is -1.44. The number of hydrogen-bond acceptors (Lipinski definition) is 5. The lowest BCUT2D eigenvalue weighted by Gasteiger charge is -2.34. The zero-order chi connectivity index (χ0) is 14.8. The summed E-state index contributed by atoms with van der Waals surface area (Å²) in [5.74, 6) is -0.119. The molecule has 1 aromatic heterocycles. The fourth-order valence-corrected chi connectivity index (χ4v) is 3.21. The molecule has 21 heavy (non-hydrogen) atoms. The predicted octanol–water partition coefficient (Wildman–Crippen LogP) is -0.328. The number of ether oxygens (including phenoxy) is 1. The van der Waals surface area contributed by atoms with Crippen LogP contribution in [0.15, 0.2) is 6.33 Å². The number of aryl methyl sites for hydroxylation is 1. The number of amides is 1. The summed E-state index contributed by atoms with van der Waals surface area (Å²) in [7, 11) is 0. The van der Waals surface area contributed by atoms with Crippen molar-refractivity contribution in [2.45, 2.75) is 38.0 Å². The van der Waals surface area contributed by atoms with Crippen LogP contribution in [0, 0.1) is 6.92 Å². The van der Waals surface area contributed by atoms with E-state index in [0.29, 0.717) is 24.8 Å². The van der Waals surface area contributed by atoms with Crippen molar-refractivity contribution in [3.05, 3.63) is 17.7 Å². The van der Waals surface area contributed by atoms with Crippen molar-refractivity contribution >= 4 is 5.91 Å². The number of aliphatic hydroxyl groups is 1. The summed E-state index contributed by atoms with van der Waals surface area (Å²) in [5, 5.41) is 12.1. The lowest BCUT2D eigenvalue weighted by Crippen LogP contribution is -2.46. The molecule has 0 saturated carbocycles. The number of aromatic amines is 1. The minimum Gasteiger partial charge on any atom is -0.396 e. The SMILES string of the molecule is Cc1[nH]cnc1C(=O)N[C@@H]1C[C@H]2CO[C@@H](CCO)CN2C1. The quantitative estimate of drug-likeness (QED) is 0.707. The molecule has 1 aromatic rings. The molecule has 3 heterocycles. The average molecular weight is 294 g/mol. The van der Waals surface area contributed by atoms with Crippen molar-refractivity contribution in [1.29, 1.82) is 0 Å². The Balaban J connectivity index is 1.55. The van der Waals surface area contributed by atoms with Crippen LogP contribution < -0.4 is 5.32 Å². The average Bonchev–Trinajstić information content (AvgIpc) is 3.04. The second-order valence-corrected chi connectivity index (χ2v) is 5.86. The van der Waals surface area contributed by atoms with Crippen molar-refractivity contribution < 1.29 is 14.6 Å². The molecule has 0 aliphatic carbocycles. The number of aromatic nitrogens is 2. The fourth-order valence-electron chi connectivity index (χ4n) is 3.21. The molecule has 3 atom stereocenters. The number of nitrogens with one attached hydrogen (secondary N) is 2.